The van der Waals surface area contributed by atoms with Crippen molar-refractivity contribution in [3.63, 3.8) is 0 Å². The van der Waals surface area contributed by atoms with E-state index in [-0.39, 0.29) is 28.7 Å². The van der Waals surface area contributed by atoms with Crippen LogP contribution in [-0.2, 0) is 13.0 Å². The molecule has 1 N–H and O–H groups in total. The highest BCUT2D eigenvalue weighted by atomic mass is 127. The number of aliphatic imine (C=N–C) groups is 1. The Hall–Kier alpha value is -0.160. The summed E-state index contributed by atoms with van der Waals surface area (Å²) < 4.78 is 2.56. The Balaban J connectivity index is 0.00000392. The normalized spacial score (nSPS) is 17.0. The van der Waals surface area contributed by atoms with Gasteiger partial charge in [-0.2, -0.15) is 11.8 Å². The second-order valence-electron chi connectivity index (χ2n) is 7.98. The lowest BCUT2D eigenvalue weighted by atomic mass is 10.2. The molecule has 1 aliphatic rings. The average Bonchev–Trinajstić information content (AvgIpc) is 2.97. The average molecular weight is 541 g/mol. The molecule has 0 bridgehead atoms. The zero-order valence-electron chi connectivity index (χ0n) is 18.2. The van der Waals surface area contributed by atoms with Gasteiger partial charge in [0, 0.05) is 49.6 Å². The molecule has 0 amide bonds. The molecule has 1 aromatic heterocycles. The van der Waals surface area contributed by atoms with Gasteiger partial charge in [0.2, 0.25) is 0 Å². The Morgan fingerprint density at radius 1 is 1.36 bits per heavy atom. The molecule has 0 radical (unpaired) electrons. The highest BCUT2D eigenvalue weighted by Gasteiger charge is 2.28. The summed E-state index contributed by atoms with van der Waals surface area (Å²) in [6.45, 7) is 16.1. The molecule has 28 heavy (non-hydrogen) atoms. The van der Waals surface area contributed by atoms with Crippen molar-refractivity contribution in [1.82, 2.24) is 25.0 Å². The molecule has 0 aromatic carbocycles. The molecule has 2 rings (SSSR count). The van der Waals surface area contributed by atoms with Gasteiger partial charge in [0.25, 0.3) is 0 Å². The van der Waals surface area contributed by atoms with Crippen LogP contribution in [-0.4, -0.2) is 68.6 Å². The fourth-order valence-corrected chi connectivity index (χ4v) is 4.88. The summed E-state index contributed by atoms with van der Waals surface area (Å²) in [6, 6.07) is 0. The van der Waals surface area contributed by atoms with Crippen LogP contribution in [0.2, 0.25) is 0 Å². The van der Waals surface area contributed by atoms with Crippen LogP contribution >= 0.6 is 47.5 Å². The fraction of sp³-hybridized carbons (Fsp3) is 0.842. The molecular weight excluding hydrogens is 503 g/mol. The number of rotatable bonds is 8. The molecule has 0 saturated carbocycles. The van der Waals surface area contributed by atoms with Gasteiger partial charge in [-0.3, -0.25) is 4.99 Å². The first-order chi connectivity index (χ1) is 12.9. The van der Waals surface area contributed by atoms with Gasteiger partial charge in [0.05, 0.1) is 0 Å². The third-order valence-corrected chi connectivity index (χ3v) is 6.37. The Labute approximate surface area is 196 Å². The van der Waals surface area contributed by atoms with Crippen molar-refractivity contribution in [3.05, 3.63) is 5.82 Å². The van der Waals surface area contributed by atoms with E-state index in [1.165, 1.54) is 0 Å². The van der Waals surface area contributed by atoms with E-state index in [1.54, 1.807) is 11.8 Å². The predicted octanol–water partition coefficient (Wildman–Crippen LogP) is 4.00. The minimum atomic E-state index is 0. The lowest BCUT2D eigenvalue weighted by Gasteiger charge is -2.39. The first-order valence-electron chi connectivity index (χ1n) is 9.99. The molecule has 0 unspecified atom stereocenters. The topological polar surface area (TPSA) is 58.3 Å². The zero-order valence-corrected chi connectivity index (χ0v) is 22.2. The maximum Gasteiger partial charge on any atom is 0.193 e. The van der Waals surface area contributed by atoms with Crippen LogP contribution in [0.3, 0.4) is 0 Å². The molecule has 0 aliphatic carbocycles. The highest BCUT2D eigenvalue weighted by molar-refractivity contribution is 14.0. The number of thioether (sulfide) groups is 2. The predicted molar refractivity (Wildman–Crippen MR) is 134 cm³/mol. The summed E-state index contributed by atoms with van der Waals surface area (Å²) >= 11 is 3.72. The van der Waals surface area contributed by atoms with Crippen LogP contribution in [0, 0.1) is 5.92 Å². The first kappa shape index (κ1) is 25.9. The molecule has 1 fully saturated rings. The molecule has 1 saturated heterocycles. The van der Waals surface area contributed by atoms with Crippen molar-refractivity contribution < 1.29 is 0 Å². The largest absolute Gasteiger partial charge is 0.357 e. The number of guanidine groups is 1. The van der Waals surface area contributed by atoms with Gasteiger partial charge in [-0.25, -0.2) is 0 Å². The smallest absolute Gasteiger partial charge is 0.193 e. The number of hydrogen-bond acceptors (Lipinski definition) is 5. The van der Waals surface area contributed by atoms with Gasteiger partial charge in [0.1, 0.15) is 5.82 Å². The van der Waals surface area contributed by atoms with Crippen molar-refractivity contribution in [1.29, 1.82) is 0 Å². The second kappa shape index (κ2) is 12.5. The second-order valence-corrected chi connectivity index (χ2v) is 10.6. The summed E-state index contributed by atoms with van der Waals surface area (Å²) in [5.74, 6) is 3.89. The van der Waals surface area contributed by atoms with Crippen LogP contribution in [0.4, 0.5) is 0 Å². The SMILES string of the molecule is CCNC(=NCCCc1nnc(SC)n1CC(C)C)N1CCSC(C)(C)C1.I. The fourth-order valence-electron chi connectivity index (χ4n) is 3.25. The van der Waals surface area contributed by atoms with Gasteiger partial charge in [-0.15, -0.1) is 34.2 Å². The van der Waals surface area contributed by atoms with Crippen molar-refractivity contribution in [3.8, 4) is 0 Å². The number of hydrogen-bond donors (Lipinski definition) is 1. The summed E-state index contributed by atoms with van der Waals surface area (Å²) in [5.41, 5.74) is 0. The molecule has 0 spiro atoms. The highest BCUT2D eigenvalue weighted by Crippen LogP contribution is 2.29. The van der Waals surface area contributed by atoms with Crippen LogP contribution < -0.4 is 5.32 Å². The number of aromatic nitrogens is 3. The van der Waals surface area contributed by atoms with E-state index in [9.17, 15) is 0 Å². The summed E-state index contributed by atoms with van der Waals surface area (Å²) in [5, 5.41) is 13.2. The Morgan fingerprint density at radius 2 is 2.11 bits per heavy atom. The van der Waals surface area contributed by atoms with E-state index in [0.29, 0.717) is 5.92 Å². The zero-order chi connectivity index (χ0) is 19.9. The van der Waals surface area contributed by atoms with E-state index < -0.39 is 0 Å². The van der Waals surface area contributed by atoms with Gasteiger partial charge in [0.15, 0.2) is 11.1 Å². The summed E-state index contributed by atoms with van der Waals surface area (Å²) in [4.78, 5) is 7.30. The Morgan fingerprint density at radius 3 is 2.71 bits per heavy atom. The Bertz CT molecular complexity index is 618. The van der Waals surface area contributed by atoms with E-state index in [2.05, 4.69) is 77.6 Å². The van der Waals surface area contributed by atoms with Gasteiger partial charge in [-0.05, 0) is 39.4 Å². The monoisotopic (exact) mass is 540 g/mol. The van der Waals surface area contributed by atoms with Gasteiger partial charge < -0.3 is 14.8 Å². The third-order valence-electron chi connectivity index (χ3n) is 4.40. The lowest BCUT2D eigenvalue weighted by molar-refractivity contribution is 0.375. The molecule has 9 heteroatoms. The minimum Gasteiger partial charge on any atom is -0.357 e. The standard InChI is InChI=1S/C19H36N6S2.HI/c1-7-20-17(24-11-12-27-19(4,5)14-24)21-10-8-9-16-22-23-18(26-6)25(16)13-15(2)3;/h15H,7-14H2,1-6H3,(H,20,21);1H. The molecule has 2 heterocycles. The van der Waals surface area contributed by atoms with Gasteiger partial charge >= 0.3 is 0 Å². The quantitative estimate of drug-likeness (QED) is 0.177. The molecule has 162 valence electrons. The van der Waals surface area contributed by atoms with Crippen LogP contribution in [0.25, 0.3) is 0 Å². The van der Waals surface area contributed by atoms with Crippen molar-refractivity contribution >= 4 is 53.5 Å². The van der Waals surface area contributed by atoms with Gasteiger partial charge in [-0.1, -0.05) is 25.6 Å². The number of nitrogens with zero attached hydrogens (tertiary/aromatic N) is 5. The number of halogens is 1. The van der Waals surface area contributed by atoms with Crippen molar-refractivity contribution in [2.24, 2.45) is 10.9 Å². The van der Waals surface area contributed by atoms with Crippen LogP contribution in [0.5, 0.6) is 0 Å². The molecule has 1 aliphatic heterocycles. The van der Waals surface area contributed by atoms with E-state index in [4.69, 9.17) is 4.99 Å². The molecule has 0 atom stereocenters. The number of aryl methyl sites for hydroxylation is 1. The Kier molecular flexibility index (Phi) is 11.6. The van der Waals surface area contributed by atoms with E-state index in [1.807, 2.05) is 0 Å². The van der Waals surface area contributed by atoms with Crippen molar-refractivity contribution in [2.75, 3.05) is 38.2 Å². The lowest BCUT2D eigenvalue weighted by Crippen LogP contribution is -2.51. The van der Waals surface area contributed by atoms with Crippen molar-refractivity contribution in [2.45, 2.75) is 63.9 Å². The van der Waals surface area contributed by atoms with E-state index in [0.717, 1.165) is 68.3 Å². The molecular formula is C19H37IN6S2. The van der Waals surface area contributed by atoms with Crippen LogP contribution in [0.1, 0.15) is 46.9 Å². The number of nitrogens with one attached hydrogen (secondary N) is 1. The third kappa shape index (κ3) is 7.93. The summed E-state index contributed by atoms with van der Waals surface area (Å²) in [7, 11) is 0. The van der Waals surface area contributed by atoms with E-state index >= 15 is 0 Å². The molecule has 1 aromatic rings. The minimum absolute atomic E-state index is 0. The first-order valence-corrected chi connectivity index (χ1v) is 12.2. The molecule has 6 nitrogen and oxygen atoms in total. The van der Waals surface area contributed by atoms with Crippen LogP contribution in [0.15, 0.2) is 10.1 Å². The maximum atomic E-state index is 4.89. The maximum absolute atomic E-state index is 4.89. The summed E-state index contributed by atoms with van der Waals surface area (Å²) in [6.07, 6.45) is 3.98.